The number of thiazole rings is 1. The van der Waals surface area contributed by atoms with E-state index in [2.05, 4.69) is 9.88 Å². The van der Waals surface area contributed by atoms with Crippen LogP contribution in [-0.4, -0.2) is 30.1 Å². The summed E-state index contributed by atoms with van der Waals surface area (Å²) in [6.45, 7) is 3.31. The highest BCUT2D eigenvalue weighted by molar-refractivity contribution is 7.13. The first-order chi connectivity index (χ1) is 9.29. The Hall–Kier alpha value is -1.10. The third-order valence-corrected chi connectivity index (χ3v) is 5.11. The lowest BCUT2D eigenvalue weighted by Gasteiger charge is -2.31. The third kappa shape index (κ3) is 2.48. The Balaban J connectivity index is 1.74. The van der Waals surface area contributed by atoms with Crippen molar-refractivity contribution in [1.29, 1.82) is 0 Å². The maximum absolute atomic E-state index is 11.7. The fraction of sp³-hybridized carbons (Fsp3) is 0.714. The van der Waals surface area contributed by atoms with E-state index in [0.29, 0.717) is 18.3 Å². The van der Waals surface area contributed by atoms with Gasteiger partial charge in [0, 0.05) is 18.0 Å². The molecule has 2 unspecified atom stereocenters. The van der Waals surface area contributed by atoms with Gasteiger partial charge in [-0.25, -0.2) is 9.78 Å². The van der Waals surface area contributed by atoms with Gasteiger partial charge in [0.05, 0.1) is 6.61 Å². The molecule has 1 saturated carbocycles. The molecule has 0 radical (unpaired) electrons. The normalized spacial score (nSPS) is 26.3. The van der Waals surface area contributed by atoms with Gasteiger partial charge in [-0.05, 0) is 32.1 Å². The van der Waals surface area contributed by atoms with E-state index in [-0.39, 0.29) is 5.97 Å². The van der Waals surface area contributed by atoms with E-state index < -0.39 is 0 Å². The Labute approximate surface area is 117 Å². The molecule has 0 amide bonds. The summed E-state index contributed by atoms with van der Waals surface area (Å²) in [5.74, 6) is 0.535. The standard InChI is InChI=1S/C14H20N2O2S/c1-2-18-13(17)11-9-19-14(15-11)16-8-7-10-5-3-4-6-12(10)16/h9-10,12H,2-8H2,1H3. The Kier molecular flexibility index (Phi) is 3.73. The summed E-state index contributed by atoms with van der Waals surface area (Å²) in [4.78, 5) is 18.5. The van der Waals surface area contributed by atoms with Gasteiger partial charge in [0.1, 0.15) is 0 Å². The molecule has 0 bridgehead atoms. The van der Waals surface area contributed by atoms with Crippen molar-refractivity contribution in [2.24, 2.45) is 5.92 Å². The van der Waals surface area contributed by atoms with Crippen LogP contribution in [0.3, 0.4) is 0 Å². The van der Waals surface area contributed by atoms with Crippen molar-refractivity contribution < 1.29 is 9.53 Å². The predicted molar refractivity (Wildman–Crippen MR) is 75.8 cm³/mol. The largest absolute Gasteiger partial charge is 0.461 e. The number of nitrogens with zero attached hydrogens (tertiary/aromatic N) is 2. The van der Waals surface area contributed by atoms with Crippen molar-refractivity contribution in [3.05, 3.63) is 11.1 Å². The number of rotatable bonds is 3. The van der Waals surface area contributed by atoms with Gasteiger partial charge in [-0.2, -0.15) is 0 Å². The van der Waals surface area contributed by atoms with Crippen LogP contribution < -0.4 is 4.90 Å². The maximum Gasteiger partial charge on any atom is 0.357 e. The molecule has 1 aliphatic heterocycles. The summed E-state index contributed by atoms with van der Waals surface area (Å²) in [6, 6.07) is 0.648. The molecule has 0 spiro atoms. The predicted octanol–water partition coefficient (Wildman–Crippen LogP) is 3.09. The average molecular weight is 280 g/mol. The number of carbonyl (C=O) groups is 1. The van der Waals surface area contributed by atoms with Gasteiger partial charge in [-0.1, -0.05) is 12.8 Å². The van der Waals surface area contributed by atoms with E-state index in [4.69, 9.17) is 4.74 Å². The summed E-state index contributed by atoms with van der Waals surface area (Å²) >= 11 is 1.57. The number of aromatic nitrogens is 1. The monoisotopic (exact) mass is 280 g/mol. The molecular formula is C14H20N2O2S. The van der Waals surface area contributed by atoms with Crippen LogP contribution in [0.15, 0.2) is 5.38 Å². The van der Waals surface area contributed by atoms with Crippen molar-refractivity contribution in [2.75, 3.05) is 18.1 Å². The summed E-state index contributed by atoms with van der Waals surface area (Å²) in [5.41, 5.74) is 0.459. The molecular weight excluding hydrogens is 260 g/mol. The molecule has 2 fully saturated rings. The summed E-state index contributed by atoms with van der Waals surface area (Å²) < 4.78 is 5.00. The van der Waals surface area contributed by atoms with Crippen molar-refractivity contribution in [3.63, 3.8) is 0 Å². The van der Waals surface area contributed by atoms with Gasteiger partial charge in [-0.15, -0.1) is 11.3 Å². The minimum atomic E-state index is -0.301. The van der Waals surface area contributed by atoms with Gasteiger partial charge in [0.15, 0.2) is 10.8 Å². The minimum absolute atomic E-state index is 0.301. The second-order valence-corrected chi connectivity index (χ2v) is 6.17. The van der Waals surface area contributed by atoms with Crippen LogP contribution >= 0.6 is 11.3 Å². The van der Waals surface area contributed by atoms with Crippen LogP contribution in [-0.2, 0) is 4.74 Å². The zero-order valence-corrected chi connectivity index (χ0v) is 12.1. The SMILES string of the molecule is CCOC(=O)c1csc(N2CCC3CCCCC32)n1. The Morgan fingerprint density at radius 2 is 2.32 bits per heavy atom. The Morgan fingerprint density at radius 1 is 1.47 bits per heavy atom. The zero-order valence-electron chi connectivity index (χ0n) is 11.3. The van der Waals surface area contributed by atoms with Crippen LogP contribution in [0.2, 0.25) is 0 Å². The van der Waals surface area contributed by atoms with E-state index in [1.54, 1.807) is 11.3 Å². The molecule has 0 aromatic carbocycles. The van der Waals surface area contributed by atoms with Crippen LogP contribution in [0, 0.1) is 5.92 Å². The van der Waals surface area contributed by atoms with Crippen LogP contribution in [0.1, 0.15) is 49.5 Å². The topological polar surface area (TPSA) is 42.4 Å². The van der Waals surface area contributed by atoms with Crippen molar-refractivity contribution in [3.8, 4) is 0 Å². The Morgan fingerprint density at radius 3 is 3.16 bits per heavy atom. The van der Waals surface area contributed by atoms with Gasteiger partial charge < -0.3 is 9.64 Å². The maximum atomic E-state index is 11.7. The number of fused-ring (bicyclic) bond motifs is 1. The summed E-state index contributed by atoms with van der Waals surface area (Å²) in [5, 5.41) is 2.82. The highest BCUT2D eigenvalue weighted by Crippen LogP contribution is 2.39. The smallest absolute Gasteiger partial charge is 0.357 e. The first-order valence-electron chi connectivity index (χ1n) is 7.19. The number of anilines is 1. The molecule has 4 nitrogen and oxygen atoms in total. The number of hydrogen-bond acceptors (Lipinski definition) is 5. The van der Waals surface area contributed by atoms with E-state index in [1.807, 2.05) is 12.3 Å². The first-order valence-corrected chi connectivity index (χ1v) is 8.07. The van der Waals surface area contributed by atoms with Crippen LogP contribution in [0.4, 0.5) is 5.13 Å². The molecule has 1 saturated heterocycles. The summed E-state index contributed by atoms with van der Waals surface area (Å²) in [6.07, 6.45) is 6.62. The number of esters is 1. The van der Waals surface area contributed by atoms with Crippen molar-refractivity contribution >= 4 is 22.4 Å². The first kappa shape index (κ1) is 12.9. The van der Waals surface area contributed by atoms with Gasteiger partial charge in [-0.3, -0.25) is 0 Å². The fourth-order valence-electron chi connectivity index (χ4n) is 3.34. The molecule has 1 aliphatic carbocycles. The van der Waals surface area contributed by atoms with Crippen molar-refractivity contribution in [1.82, 2.24) is 4.98 Å². The second-order valence-electron chi connectivity index (χ2n) is 5.33. The number of hydrogen-bond donors (Lipinski definition) is 0. The molecule has 5 heteroatoms. The summed E-state index contributed by atoms with van der Waals surface area (Å²) in [7, 11) is 0. The molecule has 1 aromatic heterocycles. The van der Waals surface area contributed by atoms with Crippen molar-refractivity contribution in [2.45, 2.75) is 45.1 Å². The quantitative estimate of drug-likeness (QED) is 0.798. The molecule has 2 heterocycles. The van der Waals surface area contributed by atoms with E-state index in [9.17, 15) is 4.79 Å². The number of carbonyl (C=O) groups excluding carboxylic acids is 1. The van der Waals surface area contributed by atoms with Gasteiger partial charge >= 0.3 is 5.97 Å². The van der Waals surface area contributed by atoms with Gasteiger partial charge in [0.25, 0.3) is 0 Å². The van der Waals surface area contributed by atoms with Crippen LogP contribution in [0.25, 0.3) is 0 Å². The van der Waals surface area contributed by atoms with E-state index >= 15 is 0 Å². The van der Waals surface area contributed by atoms with E-state index in [0.717, 1.165) is 17.6 Å². The molecule has 2 atom stereocenters. The number of ether oxygens (including phenoxy) is 1. The highest BCUT2D eigenvalue weighted by Gasteiger charge is 2.37. The molecule has 19 heavy (non-hydrogen) atoms. The molecule has 0 N–H and O–H groups in total. The highest BCUT2D eigenvalue weighted by atomic mass is 32.1. The van der Waals surface area contributed by atoms with Gasteiger partial charge in [0.2, 0.25) is 0 Å². The zero-order chi connectivity index (χ0) is 13.2. The lowest BCUT2D eigenvalue weighted by molar-refractivity contribution is 0.0520. The Bertz CT molecular complexity index is 460. The van der Waals surface area contributed by atoms with Crippen LogP contribution in [0.5, 0.6) is 0 Å². The molecule has 2 aliphatic rings. The molecule has 104 valence electrons. The van der Waals surface area contributed by atoms with E-state index in [1.165, 1.54) is 32.1 Å². The fourth-order valence-corrected chi connectivity index (χ4v) is 4.22. The molecule has 1 aromatic rings. The lowest BCUT2D eigenvalue weighted by atomic mass is 9.85. The molecule has 3 rings (SSSR count). The second kappa shape index (κ2) is 5.49. The minimum Gasteiger partial charge on any atom is -0.461 e. The third-order valence-electron chi connectivity index (χ3n) is 4.23. The lowest BCUT2D eigenvalue weighted by Crippen LogP contribution is -2.34. The average Bonchev–Trinajstić information content (AvgIpc) is 3.05.